The van der Waals surface area contributed by atoms with Crippen LogP contribution in [0, 0.1) is 5.92 Å². The van der Waals surface area contributed by atoms with Crippen molar-refractivity contribution in [2.24, 2.45) is 5.92 Å². The van der Waals surface area contributed by atoms with Crippen molar-refractivity contribution < 1.29 is 9.59 Å². The number of aromatic nitrogens is 1. The summed E-state index contributed by atoms with van der Waals surface area (Å²) in [5.74, 6) is -0.176. The number of thiazole rings is 1. The Bertz CT molecular complexity index is 353. The first-order valence-electron chi connectivity index (χ1n) is 4.73. The Morgan fingerprint density at radius 1 is 1.67 bits per heavy atom. The molecule has 1 aliphatic heterocycles. The summed E-state index contributed by atoms with van der Waals surface area (Å²) in [5, 5.41) is 7.81. The van der Waals surface area contributed by atoms with Gasteiger partial charge in [0, 0.05) is 24.5 Å². The summed E-state index contributed by atoms with van der Waals surface area (Å²) in [5.41, 5.74) is 0. The summed E-state index contributed by atoms with van der Waals surface area (Å²) in [6.07, 6.45) is 2.68. The molecule has 1 atom stereocenters. The molecule has 0 radical (unpaired) electrons. The molecule has 15 heavy (non-hydrogen) atoms. The van der Waals surface area contributed by atoms with Gasteiger partial charge in [0.25, 0.3) is 0 Å². The normalized spacial score (nSPS) is 20.8. The van der Waals surface area contributed by atoms with E-state index in [4.69, 9.17) is 0 Å². The van der Waals surface area contributed by atoms with Crippen molar-refractivity contribution in [1.29, 1.82) is 0 Å². The molecular formula is C9H11N3O2S. The van der Waals surface area contributed by atoms with Crippen LogP contribution in [0.3, 0.4) is 0 Å². The van der Waals surface area contributed by atoms with Crippen LogP contribution < -0.4 is 10.6 Å². The number of nitrogens with zero attached hydrogens (tertiary/aromatic N) is 1. The number of carbonyl (C=O) groups is 2. The van der Waals surface area contributed by atoms with Crippen molar-refractivity contribution in [1.82, 2.24) is 10.3 Å². The van der Waals surface area contributed by atoms with Gasteiger partial charge in [0.2, 0.25) is 11.8 Å². The third-order valence-corrected chi connectivity index (χ3v) is 2.99. The molecule has 1 unspecified atom stereocenters. The Kier molecular flexibility index (Phi) is 2.96. The molecule has 2 N–H and O–H groups in total. The van der Waals surface area contributed by atoms with Gasteiger partial charge in [-0.25, -0.2) is 4.98 Å². The Morgan fingerprint density at radius 3 is 3.13 bits per heavy atom. The number of hydrogen-bond acceptors (Lipinski definition) is 4. The lowest BCUT2D eigenvalue weighted by Crippen LogP contribution is -2.40. The van der Waals surface area contributed by atoms with Crippen molar-refractivity contribution in [3.63, 3.8) is 0 Å². The van der Waals surface area contributed by atoms with Gasteiger partial charge in [-0.3, -0.25) is 9.59 Å². The predicted octanol–water partition coefficient (Wildman–Crippen LogP) is 0.608. The van der Waals surface area contributed by atoms with E-state index < -0.39 is 0 Å². The topological polar surface area (TPSA) is 71.1 Å². The van der Waals surface area contributed by atoms with Gasteiger partial charge in [-0.15, -0.1) is 11.3 Å². The third kappa shape index (κ3) is 2.53. The van der Waals surface area contributed by atoms with Crippen LogP contribution in [0.4, 0.5) is 5.13 Å². The fourth-order valence-corrected chi connectivity index (χ4v) is 1.98. The van der Waals surface area contributed by atoms with Crippen molar-refractivity contribution in [2.75, 3.05) is 11.9 Å². The van der Waals surface area contributed by atoms with Gasteiger partial charge in [0.15, 0.2) is 5.13 Å². The van der Waals surface area contributed by atoms with Crippen LogP contribution in [-0.2, 0) is 9.59 Å². The molecule has 5 nitrogen and oxygen atoms in total. The molecule has 1 aliphatic rings. The number of amides is 2. The highest BCUT2D eigenvalue weighted by Gasteiger charge is 2.24. The second kappa shape index (κ2) is 4.39. The van der Waals surface area contributed by atoms with Crippen molar-refractivity contribution >= 4 is 28.3 Å². The minimum atomic E-state index is -0.133. The van der Waals surface area contributed by atoms with Gasteiger partial charge in [0.05, 0.1) is 5.92 Å². The summed E-state index contributed by atoms with van der Waals surface area (Å²) in [6, 6.07) is 0. The van der Waals surface area contributed by atoms with Crippen LogP contribution in [0.2, 0.25) is 0 Å². The van der Waals surface area contributed by atoms with Gasteiger partial charge in [-0.05, 0) is 6.42 Å². The zero-order valence-electron chi connectivity index (χ0n) is 8.03. The number of nitrogens with one attached hydrogen (secondary N) is 2. The van der Waals surface area contributed by atoms with Crippen LogP contribution in [0.25, 0.3) is 0 Å². The molecule has 0 aromatic carbocycles. The Morgan fingerprint density at radius 2 is 2.53 bits per heavy atom. The number of rotatable bonds is 2. The molecule has 0 spiro atoms. The van der Waals surface area contributed by atoms with Gasteiger partial charge in [0.1, 0.15) is 0 Å². The summed E-state index contributed by atoms with van der Waals surface area (Å²) in [4.78, 5) is 26.5. The largest absolute Gasteiger partial charge is 0.355 e. The van der Waals surface area contributed by atoms with Crippen LogP contribution >= 0.6 is 11.3 Å². The lowest BCUT2D eigenvalue weighted by atomic mass is 9.98. The average Bonchev–Trinajstić information content (AvgIpc) is 2.71. The summed E-state index contributed by atoms with van der Waals surface area (Å²) < 4.78 is 0. The maximum absolute atomic E-state index is 11.7. The molecule has 0 saturated carbocycles. The maximum atomic E-state index is 11.7. The van der Waals surface area contributed by atoms with E-state index >= 15 is 0 Å². The first-order valence-corrected chi connectivity index (χ1v) is 5.61. The van der Waals surface area contributed by atoms with Gasteiger partial charge >= 0.3 is 0 Å². The number of carbonyl (C=O) groups excluding carboxylic acids is 2. The molecule has 1 aromatic heterocycles. The summed E-state index contributed by atoms with van der Waals surface area (Å²) in [6.45, 7) is 0.427. The quantitative estimate of drug-likeness (QED) is 0.774. The highest BCUT2D eigenvalue weighted by atomic mass is 32.1. The van der Waals surface area contributed by atoms with Crippen LogP contribution in [0.1, 0.15) is 12.8 Å². The Balaban J connectivity index is 1.89. The number of piperidine rings is 1. The lowest BCUT2D eigenvalue weighted by Gasteiger charge is -2.20. The molecule has 80 valence electrons. The third-order valence-electron chi connectivity index (χ3n) is 2.30. The standard InChI is InChI=1S/C9H11N3O2S/c13-7-2-1-6(5-11-7)8(14)12-9-10-3-4-15-9/h3-4,6H,1-2,5H2,(H,11,13)(H,10,12,14). The Labute approximate surface area is 90.9 Å². The molecule has 2 amide bonds. The van der Waals surface area contributed by atoms with E-state index in [9.17, 15) is 9.59 Å². The minimum Gasteiger partial charge on any atom is -0.355 e. The molecule has 0 bridgehead atoms. The summed E-state index contributed by atoms with van der Waals surface area (Å²) >= 11 is 1.39. The predicted molar refractivity (Wildman–Crippen MR) is 56.5 cm³/mol. The van der Waals surface area contributed by atoms with Crippen molar-refractivity contribution in [3.05, 3.63) is 11.6 Å². The smallest absolute Gasteiger partial charge is 0.231 e. The fourth-order valence-electron chi connectivity index (χ4n) is 1.45. The maximum Gasteiger partial charge on any atom is 0.231 e. The second-order valence-corrected chi connectivity index (χ2v) is 4.26. The zero-order chi connectivity index (χ0) is 10.7. The van der Waals surface area contributed by atoms with Crippen LogP contribution in [0.5, 0.6) is 0 Å². The average molecular weight is 225 g/mol. The van der Waals surface area contributed by atoms with Crippen molar-refractivity contribution in [2.45, 2.75) is 12.8 Å². The highest BCUT2D eigenvalue weighted by Crippen LogP contribution is 2.16. The van der Waals surface area contributed by atoms with E-state index in [2.05, 4.69) is 15.6 Å². The second-order valence-electron chi connectivity index (χ2n) is 3.37. The molecule has 1 aromatic rings. The molecule has 1 saturated heterocycles. The number of anilines is 1. The zero-order valence-corrected chi connectivity index (χ0v) is 8.84. The molecular weight excluding hydrogens is 214 g/mol. The first-order chi connectivity index (χ1) is 7.25. The molecule has 0 aliphatic carbocycles. The fraction of sp³-hybridized carbons (Fsp3) is 0.444. The van der Waals surface area contributed by atoms with Crippen LogP contribution in [-0.4, -0.2) is 23.3 Å². The minimum absolute atomic E-state index is 0.0216. The number of hydrogen-bond donors (Lipinski definition) is 2. The van der Waals surface area contributed by atoms with Gasteiger partial charge in [-0.1, -0.05) is 0 Å². The molecule has 6 heteroatoms. The van der Waals surface area contributed by atoms with E-state index in [1.54, 1.807) is 11.6 Å². The van der Waals surface area contributed by atoms with Gasteiger partial charge in [-0.2, -0.15) is 0 Å². The molecule has 2 heterocycles. The SMILES string of the molecule is O=C1CCC(C(=O)Nc2nccs2)CN1. The molecule has 1 fully saturated rings. The van der Waals surface area contributed by atoms with E-state index in [-0.39, 0.29) is 17.7 Å². The molecule has 2 rings (SSSR count). The van der Waals surface area contributed by atoms with E-state index in [1.807, 2.05) is 0 Å². The summed E-state index contributed by atoms with van der Waals surface area (Å²) in [7, 11) is 0. The highest BCUT2D eigenvalue weighted by molar-refractivity contribution is 7.13. The Hall–Kier alpha value is -1.43. The van der Waals surface area contributed by atoms with Crippen molar-refractivity contribution in [3.8, 4) is 0 Å². The van der Waals surface area contributed by atoms with E-state index in [1.165, 1.54) is 11.3 Å². The van der Waals surface area contributed by atoms with E-state index in [0.717, 1.165) is 0 Å². The first kappa shape index (κ1) is 10.1. The van der Waals surface area contributed by atoms with Crippen LogP contribution in [0.15, 0.2) is 11.6 Å². The monoisotopic (exact) mass is 225 g/mol. The van der Waals surface area contributed by atoms with E-state index in [0.29, 0.717) is 24.5 Å². The van der Waals surface area contributed by atoms with Gasteiger partial charge < -0.3 is 10.6 Å². The lowest BCUT2D eigenvalue weighted by molar-refractivity contribution is -0.126.